The molecule has 1 heterocycles. The van der Waals surface area contributed by atoms with Crippen molar-refractivity contribution >= 4 is 12.2 Å². The van der Waals surface area contributed by atoms with Crippen molar-refractivity contribution in [1.29, 1.82) is 0 Å². The van der Waals surface area contributed by atoms with E-state index in [1.165, 1.54) is 5.56 Å². The molecule has 3 heteroatoms. The molecule has 0 saturated heterocycles. The third-order valence-corrected chi connectivity index (χ3v) is 2.15. The molecule has 1 aromatic carbocycles. The molecule has 0 saturated carbocycles. The van der Waals surface area contributed by atoms with Gasteiger partial charge in [-0.3, -0.25) is 4.79 Å². The zero-order valence-electron chi connectivity index (χ0n) is 7.72. The fourth-order valence-electron chi connectivity index (χ4n) is 1.49. The molecule has 0 radical (unpaired) electrons. The first kappa shape index (κ1) is 8.94. The number of rotatable bonds is 3. The highest BCUT2D eigenvalue weighted by atomic mass is 16.5. The van der Waals surface area contributed by atoms with Crippen molar-refractivity contribution in [3.8, 4) is 0 Å². The maximum absolute atomic E-state index is 10.3. The fourth-order valence-corrected chi connectivity index (χ4v) is 1.49. The molecule has 0 spiro atoms. The molecule has 2 rings (SSSR count). The number of aliphatic imine (C=N–C) groups is 1. The van der Waals surface area contributed by atoms with Gasteiger partial charge in [0.25, 0.3) is 0 Å². The summed E-state index contributed by atoms with van der Waals surface area (Å²) in [5, 5.41) is 0. The Morgan fingerprint density at radius 2 is 2.21 bits per heavy atom. The van der Waals surface area contributed by atoms with Crippen molar-refractivity contribution in [3.05, 3.63) is 35.9 Å². The van der Waals surface area contributed by atoms with Gasteiger partial charge in [-0.1, -0.05) is 30.3 Å². The van der Waals surface area contributed by atoms with Crippen LogP contribution < -0.4 is 0 Å². The van der Waals surface area contributed by atoms with Crippen molar-refractivity contribution < 1.29 is 9.53 Å². The molecule has 1 atom stereocenters. The van der Waals surface area contributed by atoms with Gasteiger partial charge in [0.1, 0.15) is 6.61 Å². The molecular weight excluding hydrogens is 178 g/mol. The molecule has 3 nitrogen and oxygen atoms in total. The van der Waals surface area contributed by atoms with Gasteiger partial charge < -0.3 is 4.74 Å². The van der Waals surface area contributed by atoms with E-state index in [2.05, 4.69) is 17.1 Å². The Hall–Kier alpha value is -1.64. The van der Waals surface area contributed by atoms with Gasteiger partial charge >= 0.3 is 0 Å². The summed E-state index contributed by atoms with van der Waals surface area (Å²) in [4.78, 5) is 14.5. The highest BCUT2D eigenvalue weighted by Gasteiger charge is 2.17. The van der Waals surface area contributed by atoms with Crippen LogP contribution in [0.5, 0.6) is 0 Å². The number of carbonyl (C=O) groups is 1. The Labute approximate surface area is 82.4 Å². The molecule has 0 aliphatic carbocycles. The molecule has 1 aromatic rings. The Kier molecular flexibility index (Phi) is 2.58. The largest absolute Gasteiger partial charge is 0.473 e. The Morgan fingerprint density at radius 1 is 1.43 bits per heavy atom. The summed E-state index contributed by atoms with van der Waals surface area (Å²) in [7, 11) is 0. The highest BCUT2D eigenvalue weighted by Crippen LogP contribution is 2.10. The van der Waals surface area contributed by atoms with Crippen LogP contribution in [-0.2, 0) is 16.0 Å². The van der Waals surface area contributed by atoms with E-state index < -0.39 is 0 Å². The molecule has 0 unspecified atom stereocenters. The van der Waals surface area contributed by atoms with Crippen LogP contribution in [0.1, 0.15) is 5.56 Å². The number of hydrogen-bond acceptors (Lipinski definition) is 3. The van der Waals surface area contributed by atoms with Gasteiger partial charge in [0.05, 0.1) is 6.04 Å². The smallest absolute Gasteiger partial charge is 0.250 e. The summed E-state index contributed by atoms with van der Waals surface area (Å²) in [6, 6.07) is 10.2. The number of ether oxygens (including phenoxy) is 1. The molecule has 0 N–H and O–H groups in total. The SMILES string of the molecule is O=CC1=N[C@H](Cc2ccccc2)CO1. The molecule has 0 bridgehead atoms. The zero-order chi connectivity index (χ0) is 9.80. The lowest BCUT2D eigenvalue weighted by molar-refractivity contribution is -0.103. The molecule has 0 aromatic heterocycles. The van der Waals surface area contributed by atoms with E-state index in [-0.39, 0.29) is 11.9 Å². The minimum absolute atomic E-state index is 0.0950. The second-order valence-electron chi connectivity index (χ2n) is 3.24. The van der Waals surface area contributed by atoms with Crippen molar-refractivity contribution in [2.75, 3.05) is 6.61 Å². The Morgan fingerprint density at radius 3 is 2.86 bits per heavy atom. The van der Waals surface area contributed by atoms with Gasteiger partial charge in [-0.15, -0.1) is 0 Å². The number of aldehydes is 1. The van der Waals surface area contributed by atoms with Crippen molar-refractivity contribution in [2.45, 2.75) is 12.5 Å². The van der Waals surface area contributed by atoms with E-state index in [4.69, 9.17) is 4.74 Å². The quantitative estimate of drug-likeness (QED) is 0.671. The number of nitrogens with zero attached hydrogens (tertiary/aromatic N) is 1. The highest BCUT2D eigenvalue weighted by molar-refractivity contribution is 6.24. The molecule has 14 heavy (non-hydrogen) atoms. The lowest BCUT2D eigenvalue weighted by Gasteiger charge is -2.03. The number of benzene rings is 1. The van der Waals surface area contributed by atoms with Gasteiger partial charge in [-0.05, 0) is 12.0 Å². The summed E-state index contributed by atoms with van der Waals surface area (Å²) >= 11 is 0. The summed E-state index contributed by atoms with van der Waals surface area (Å²) in [6.45, 7) is 0.517. The van der Waals surface area contributed by atoms with E-state index in [9.17, 15) is 4.79 Å². The standard InChI is InChI=1S/C11H11NO2/c13-7-11-12-10(8-14-11)6-9-4-2-1-3-5-9/h1-5,7,10H,6,8H2/t10-/m1/s1. The van der Waals surface area contributed by atoms with Gasteiger partial charge in [-0.2, -0.15) is 0 Å². The van der Waals surface area contributed by atoms with Gasteiger partial charge in [0, 0.05) is 0 Å². The predicted octanol–water partition coefficient (Wildman–Crippen LogP) is 1.23. The predicted molar refractivity (Wildman–Crippen MR) is 53.4 cm³/mol. The third kappa shape index (κ3) is 1.99. The van der Waals surface area contributed by atoms with Crippen LogP contribution >= 0.6 is 0 Å². The summed E-state index contributed by atoms with van der Waals surface area (Å²) in [5.74, 6) is 0.228. The summed E-state index contributed by atoms with van der Waals surface area (Å²) < 4.78 is 5.07. The molecule has 1 aliphatic rings. The van der Waals surface area contributed by atoms with E-state index in [1.807, 2.05) is 18.2 Å². The third-order valence-electron chi connectivity index (χ3n) is 2.15. The monoisotopic (exact) mass is 189 g/mol. The van der Waals surface area contributed by atoms with Gasteiger partial charge in [-0.25, -0.2) is 4.99 Å². The first-order valence-electron chi connectivity index (χ1n) is 4.58. The molecule has 72 valence electrons. The van der Waals surface area contributed by atoms with Gasteiger partial charge in [0.2, 0.25) is 12.2 Å². The first-order chi connectivity index (χ1) is 6.88. The average molecular weight is 189 g/mol. The maximum atomic E-state index is 10.3. The van der Waals surface area contributed by atoms with Crippen LogP contribution in [0.2, 0.25) is 0 Å². The van der Waals surface area contributed by atoms with Crippen molar-refractivity contribution in [1.82, 2.24) is 0 Å². The second-order valence-corrected chi connectivity index (χ2v) is 3.24. The number of hydrogen-bond donors (Lipinski definition) is 0. The lowest BCUT2D eigenvalue weighted by atomic mass is 10.1. The molecule has 0 fully saturated rings. The normalized spacial score (nSPS) is 20.0. The molecule has 1 aliphatic heterocycles. The van der Waals surface area contributed by atoms with Crippen LogP contribution in [0.15, 0.2) is 35.3 Å². The average Bonchev–Trinajstić information content (AvgIpc) is 2.67. The van der Waals surface area contributed by atoms with Crippen LogP contribution in [0.4, 0.5) is 0 Å². The van der Waals surface area contributed by atoms with Crippen molar-refractivity contribution in [3.63, 3.8) is 0 Å². The van der Waals surface area contributed by atoms with Crippen LogP contribution in [0.25, 0.3) is 0 Å². The van der Waals surface area contributed by atoms with E-state index in [1.54, 1.807) is 0 Å². The lowest BCUT2D eigenvalue weighted by Crippen LogP contribution is -2.09. The minimum atomic E-state index is 0.0950. The zero-order valence-corrected chi connectivity index (χ0v) is 7.72. The molecule has 0 amide bonds. The fraction of sp³-hybridized carbons (Fsp3) is 0.273. The van der Waals surface area contributed by atoms with Crippen LogP contribution in [-0.4, -0.2) is 24.8 Å². The van der Waals surface area contributed by atoms with Crippen LogP contribution in [0, 0.1) is 0 Å². The van der Waals surface area contributed by atoms with E-state index in [0.29, 0.717) is 12.9 Å². The number of carbonyl (C=O) groups excluding carboxylic acids is 1. The Balaban J connectivity index is 2.00. The summed E-state index contributed by atoms with van der Waals surface area (Å²) in [5.41, 5.74) is 1.22. The van der Waals surface area contributed by atoms with Crippen LogP contribution in [0.3, 0.4) is 0 Å². The van der Waals surface area contributed by atoms with Gasteiger partial charge in [0.15, 0.2) is 0 Å². The van der Waals surface area contributed by atoms with Crippen molar-refractivity contribution in [2.24, 2.45) is 4.99 Å². The maximum Gasteiger partial charge on any atom is 0.250 e. The minimum Gasteiger partial charge on any atom is -0.473 e. The topological polar surface area (TPSA) is 38.7 Å². The Bertz CT molecular complexity index is 346. The summed E-state index contributed by atoms with van der Waals surface area (Å²) in [6.07, 6.45) is 1.49. The molecular formula is C11H11NO2. The van der Waals surface area contributed by atoms with E-state index in [0.717, 1.165) is 6.42 Å². The first-order valence-corrected chi connectivity index (χ1v) is 4.58. The van der Waals surface area contributed by atoms with E-state index >= 15 is 0 Å². The second kappa shape index (κ2) is 4.05.